The Labute approximate surface area is 76.2 Å². The van der Waals surface area contributed by atoms with E-state index >= 15 is 0 Å². The zero-order valence-electron chi connectivity index (χ0n) is 6.75. The lowest BCUT2D eigenvalue weighted by Crippen LogP contribution is -1.93. The first kappa shape index (κ1) is 8.61. The van der Waals surface area contributed by atoms with Crippen molar-refractivity contribution in [1.29, 1.82) is 0 Å². The Morgan fingerprint density at radius 3 is 2.79 bits per heavy atom. The van der Waals surface area contributed by atoms with Crippen LogP contribution in [0, 0.1) is 11.6 Å². The van der Waals surface area contributed by atoms with Gasteiger partial charge in [0.1, 0.15) is 0 Å². The minimum atomic E-state index is -1.09. The zero-order valence-corrected chi connectivity index (χ0v) is 6.75. The average molecular weight is 198 g/mol. The highest BCUT2D eigenvalue weighted by Gasteiger charge is 2.13. The van der Waals surface area contributed by atoms with Crippen LogP contribution in [0.15, 0.2) is 27.4 Å². The number of hydrogen-bond acceptors (Lipinski definition) is 3. The van der Waals surface area contributed by atoms with E-state index < -0.39 is 17.4 Å². The van der Waals surface area contributed by atoms with Crippen LogP contribution in [-0.2, 0) is 0 Å². The molecule has 0 amide bonds. The van der Waals surface area contributed by atoms with Crippen molar-refractivity contribution in [1.82, 2.24) is 10.2 Å². The molecule has 0 saturated carbocycles. The summed E-state index contributed by atoms with van der Waals surface area (Å²) >= 11 is 0. The van der Waals surface area contributed by atoms with Gasteiger partial charge in [0.05, 0.1) is 5.56 Å². The third kappa shape index (κ3) is 1.30. The van der Waals surface area contributed by atoms with Crippen molar-refractivity contribution >= 4 is 0 Å². The van der Waals surface area contributed by atoms with E-state index in [4.69, 9.17) is 0 Å². The number of nitrogens with zero attached hydrogens (tertiary/aromatic N) is 1. The summed E-state index contributed by atoms with van der Waals surface area (Å²) in [5.74, 6) is -3.20. The predicted molar refractivity (Wildman–Crippen MR) is 42.5 cm³/mol. The fraction of sp³-hybridized carbons (Fsp3) is 0. The number of rotatable bonds is 1. The summed E-state index contributed by atoms with van der Waals surface area (Å²) in [7, 11) is 0. The second kappa shape index (κ2) is 3.06. The fourth-order valence-electron chi connectivity index (χ4n) is 1.01. The number of halogens is 2. The summed E-state index contributed by atoms with van der Waals surface area (Å²) in [6.45, 7) is 0. The maximum atomic E-state index is 13.1. The van der Waals surface area contributed by atoms with Crippen molar-refractivity contribution in [3.05, 3.63) is 40.4 Å². The van der Waals surface area contributed by atoms with E-state index in [2.05, 4.69) is 9.52 Å². The molecule has 0 unspecified atom stereocenters. The minimum Gasteiger partial charge on any atom is -0.388 e. The second-order valence-corrected chi connectivity index (χ2v) is 2.52. The van der Waals surface area contributed by atoms with E-state index in [1.807, 2.05) is 5.10 Å². The largest absolute Gasteiger partial charge is 0.434 e. The van der Waals surface area contributed by atoms with Gasteiger partial charge in [-0.2, -0.15) is 0 Å². The van der Waals surface area contributed by atoms with Crippen molar-refractivity contribution in [2.24, 2.45) is 0 Å². The number of benzene rings is 1. The van der Waals surface area contributed by atoms with E-state index in [1.165, 1.54) is 12.1 Å². The molecule has 6 heteroatoms. The number of hydrogen-bond donors (Lipinski definition) is 1. The highest BCUT2D eigenvalue weighted by Crippen LogP contribution is 2.20. The standard InChI is InChI=1S/C8H4F2N2O2/c9-5-3-1-2-4(6(5)10)7-11-12-8(13)14-7/h1-3H,(H,12,13). The lowest BCUT2D eigenvalue weighted by Gasteiger charge is -1.96. The van der Waals surface area contributed by atoms with Gasteiger partial charge in [0.15, 0.2) is 11.6 Å². The van der Waals surface area contributed by atoms with Crippen LogP contribution in [0.5, 0.6) is 0 Å². The molecule has 1 aromatic carbocycles. The van der Waals surface area contributed by atoms with Gasteiger partial charge in [-0.1, -0.05) is 6.07 Å². The monoisotopic (exact) mass is 198 g/mol. The molecule has 0 aliphatic heterocycles. The molecule has 1 heterocycles. The summed E-state index contributed by atoms with van der Waals surface area (Å²) in [5.41, 5.74) is -0.191. The summed E-state index contributed by atoms with van der Waals surface area (Å²) < 4.78 is 30.3. The van der Waals surface area contributed by atoms with E-state index in [1.54, 1.807) is 0 Å². The SMILES string of the molecule is O=c1[nH]nc(-c2cccc(F)c2F)o1. The molecule has 0 fully saturated rings. The van der Waals surface area contributed by atoms with Crippen LogP contribution in [0.25, 0.3) is 11.5 Å². The van der Waals surface area contributed by atoms with Gasteiger partial charge in [0, 0.05) is 0 Å². The van der Waals surface area contributed by atoms with Crippen LogP contribution in [0.1, 0.15) is 0 Å². The molecule has 2 rings (SSSR count). The lowest BCUT2D eigenvalue weighted by molar-refractivity contribution is 0.494. The Kier molecular flexibility index (Phi) is 1.88. The van der Waals surface area contributed by atoms with Crippen LogP contribution < -0.4 is 5.76 Å². The normalized spacial score (nSPS) is 10.4. The maximum Gasteiger partial charge on any atom is 0.434 e. The van der Waals surface area contributed by atoms with Gasteiger partial charge < -0.3 is 4.42 Å². The number of aromatic nitrogens is 2. The van der Waals surface area contributed by atoms with Crippen LogP contribution in [0.3, 0.4) is 0 Å². The molecule has 72 valence electrons. The van der Waals surface area contributed by atoms with Crippen LogP contribution in [0.2, 0.25) is 0 Å². The first-order valence-corrected chi connectivity index (χ1v) is 3.68. The Balaban J connectivity index is 2.62. The number of aromatic amines is 1. The number of nitrogens with one attached hydrogen (secondary N) is 1. The van der Waals surface area contributed by atoms with Gasteiger partial charge in [0.2, 0.25) is 0 Å². The molecule has 0 spiro atoms. The van der Waals surface area contributed by atoms with Crippen molar-refractivity contribution in [3.63, 3.8) is 0 Å². The van der Waals surface area contributed by atoms with Gasteiger partial charge in [-0.25, -0.2) is 18.7 Å². The quantitative estimate of drug-likeness (QED) is 0.751. The molecule has 0 atom stereocenters. The van der Waals surface area contributed by atoms with Crippen molar-refractivity contribution < 1.29 is 13.2 Å². The molecule has 0 aliphatic rings. The van der Waals surface area contributed by atoms with Crippen molar-refractivity contribution in [3.8, 4) is 11.5 Å². The molecule has 0 radical (unpaired) electrons. The van der Waals surface area contributed by atoms with Gasteiger partial charge in [-0.15, -0.1) is 5.10 Å². The molecule has 4 nitrogen and oxygen atoms in total. The lowest BCUT2D eigenvalue weighted by atomic mass is 10.2. The first-order valence-electron chi connectivity index (χ1n) is 3.68. The predicted octanol–water partition coefficient (Wildman–Crippen LogP) is 1.31. The molecule has 0 saturated heterocycles. The molecule has 1 N–H and O–H groups in total. The van der Waals surface area contributed by atoms with Crippen LogP contribution in [-0.4, -0.2) is 10.2 Å². The molecule has 2 aromatic rings. The Morgan fingerprint density at radius 1 is 1.36 bits per heavy atom. The van der Waals surface area contributed by atoms with Crippen molar-refractivity contribution in [2.45, 2.75) is 0 Å². The fourth-order valence-corrected chi connectivity index (χ4v) is 1.01. The summed E-state index contributed by atoms with van der Waals surface area (Å²) in [6, 6.07) is 3.52. The van der Waals surface area contributed by atoms with Crippen LogP contribution >= 0.6 is 0 Å². The average Bonchev–Trinajstić information content (AvgIpc) is 2.57. The summed E-state index contributed by atoms with van der Waals surface area (Å²) in [5, 5.41) is 5.33. The van der Waals surface area contributed by atoms with Crippen LogP contribution in [0.4, 0.5) is 8.78 Å². The van der Waals surface area contributed by atoms with Gasteiger partial charge in [-0.3, -0.25) is 0 Å². The van der Waals surface area contributed by atoms with Gasteiger partial charge >= 0.3 is 5.76 Å². The molecule has 1 aromatic heterocycles. The van der Waals surface area contributed by atoms with E-state index in [0.29, 0.717) is 0 Å². The van der Waals surface area contributed by atoms with Gasteiger partial charge in [0.25, 0.3) is 5.89 Å². The maximum absolute atomic E-state index is 13.1. The molecular weight excluding hydrogens is 194 g/mol. The third-order valence-corrected chi connectivity index (χ3v) is 1.62. The number of H-pyrrole nitrogens is 1. The molecule has 0 bridgehead atoms. The molecule has 0 aliphatic carbocycles. The third-order valence-electron chi connectivity index (χ3n) is 1.62. The first-order chi connectivity index (χ1) is 6.68. The minimum absolute atomic E-state index is 0.191. The highest BCUT2D eigenvalue weighted by molar-refractivity contribution is 5.53. The Hall–Kier alpha value is -1.98. The second-order valence-electron chi connectivity index (χ2n) is 2.52. The Morgan fingerprint density at radius 2 is 2.14 bits per heavy atom. The zero-order chi connectivity index (χ0) is 10.1. The van der Waals surface area contributed by atoms with E-state index in [9.17, 15) is 13.6 Å². The smallest absolute Gasteiger partial charge is 0.388 e. The van der Waals surface area contributed by atoms with E-state index in [-0.39, 0.29) is 11.5 Å². The summed E-state index contributed by atoms with van der Waals surface area (Å²) in [6.07, 6.45) is 0. The topological polar surface area (TPSA) is 58.9 Å². The van der Waals surface area contributed by atoms with Crippen molar-refractivity contribution in [2.75, 3.05) is 0 Å². The highest BCUT2D eigenvalue weighted by atomic mass is 19.2. The Bertz CT molecular complexity index is 518. The summed E-state index contributed by atoms with van der Waals surface area (Å²) in [4.78, 5) is 10.6. The molecular formula is C8H4F2N2O2. The van der Waals surface area contributed by atoms with E-state index in [0.717, 1.165) is 6.07 Å². The molecule has 14 heavy (non-hydrogen) atoms. The van der Waals surface area contributed by atoms with Gasteiger partial charge in [-0.05, 0) is 12.1 Å².